The normalized spacial score (nSPS) is 17.6. The van der Waals surface area contributed by atoms with Crippen molar-refractivity contribution in [2.24, 2.45) is 4.99 Å². The number of rotatable bonds is 6. The maximum absolute atomic E-state index is 12.7. The summed E-state index contributed by atoms with van der Waals surface area (Å²) in [6, 6.07) is 5.68. The third-order valence-corrected chi connectivity index (χ3v) is 5.60. The fourth-order valence-electron chi connectivity index (χ4n) is 3.30. The molecule has 1 fully saturated rings. The SMILES string of the molecule is CCNC(=NCc1cnc(C)s1)NC1CCN(Cc2ccc(C(F)(F)F)cc2)C1.I. The van der Waals surface area contributed by atoms with E-state index in [4.69, 9.17) is 0 Å². The molecule has 10 heteroatoms. The van der Waals surface area contributed by atoms with Crippen molar-refractivity contribution >= 4 is 41.3 Å². The first kappa shape index (κ1) is 24.9. The van der Waals surface area contributed by atoms with Crippen LogP contribution in [0.5, 0.6) is 0 Å². The van der Waals surface area contributed by atoms with Gasteiger partial charge >= 0.3 is 6.18 Å². The third kappa shape index (κ3) is 7.38. The van der Waals surface area contributed by atoms with E-state index in [1.807, 2.05) is 20.0 Å². The van der Waals surface area contributed by atoms with Crippen LogP contribution in [-0.2, 0) is 19.3 Å². The summed E-state index contributed by atoms with van der Waals surface area (Å²) in [6.45, 7) is 7.73. The van der Waals surface area contributed by atoms with Gasteiger partial charge in [0.2, 0.25) is 0 Å². The van der Waals surface area contributed by atoms with Gasteiger partial charge in [-0.05, 0) is 38.0 Å². The van der Waals surface area contributed by atoms with Gasteiger partial charge in [-0.15, -0.1) is 35.3 Å². The van der Waals surface area contributed by atoms with Crippen molar-refractivity contribution < 1.29 is 13.2 Å². The van der Waals surface area contributed by atoms with Crippen LogP contribution >= 0.6 is 35.3 Å². The van der Waals surface area contributed by atoms with Gasteiger partial charge in [0.25, 0.3) is 0 Å². The summed E-state index contributed by atoms with van der Waals surface area (Å²) in [5.74, 6) is 0.778. The molecule has 5 nitrogen and oxygen atoms in total. The zero-order valence-electron chi connectivity index (χ0n) is 17.0. The number of thiazole rings is 1. The lowest BCUT2D eigenvalue weighted by atomic mass is 10.1. The van der Waals surface area contributed by atoms with Gasteiger partial charge in [-0.3, -0.25) is 4.90 Å². The molecule has 30 heavy (non-hydrogen) atoms. The number of likely N-dealkylation sites (tertiary alicyclic amines) is 1. The Hall–Kier alpha value is -1.40. The topological polar surface area (TPSA) is 52.6 Å². The summed E-state index contributed by atoms with van der Waals surface area (Å²) >= 11 is 1.64. The summed E-state index contributed by atoms with van der Waals surface area (Å²) in [4.78, 5) is 12.3. The van der Waals surface area contributed by atoms with Crippen LogP contribution in [0.1, 0.15) is 34.4 Å². The van der Waals surface area contributed by atoms with Gasteiger partial charge in [-0.1, -0.05) is 12.1 Å². The first-order valence-electron chi connectivity index (χ1n) is 9.68. The largest absolute Gasteiger partial charge is 0.416 e. The second-order valence-corrected chi connectivity index (χ2v) is 8.42. The summed E-state index contributed by atoms with van der Waals surface area (Å²) < 4.78 is 38.1. The van der Waals surface area contributed by atoms with Crippen molar-refractivity contribution in [3.05, 3.63) is 51.5 Å². The molecule has 1 unspecified atom stereocenters. The predicted molar refractivity (Wildman–Crippen MR) is 125 cm³/mol. The van der Waals surface area contributed by atoms with Gasteiger partial charge in [-0.2, -0.15) is 13.2 Å². The van der Waals surface area contributed by atoms with E-state index in [-0.39, 0.29) is 30.0 Å². The first-order valence-corrected chi connectivity index (χ1v) is 10.5. The van der Waals surface area contributed by atoms with Crippen LogP contribution in [0.15, 0.2) is 35.5 Å². The van der Waals surface area contributed by atoms with Crippen LogP contribution in [-0.4, -0.2) is 41.5 Å². The molecule has 1 aromatic heterocycles. The fourth-order valence-corrected chi connectivity index (χ4v) is 4.02. The highest BCUT2D eigenvalue weighted by Crippen LogP contribution is 2.29. The van der Waals surface area contributed by atoms with Gasteiger partial charge in [-0.25, -0.2) is 9.98 Å². The fraction of sp³-hybridized carbons (Fsp3) is 0.500. The van der Waals surface area contributed by atoms with E-state index in [9.17, 15) is 13.2 Å². The van der Waals surface area contributed by atoms with Crippen LogP contribution in [0.3, 0.4) is 0 Å². The number of nitrogens with one attached hydrogen (secondary N) is 2. The summed E-state index contributed by atoms with van der Waals surface area (Å²) in [7, 11) is 0. The molecule has 2 aromatic rings. The maximum atomic E-state index is 12.7. The monoisotopic (exact) mass is 553 g/mol. The second kappa shape index (κ2) is 11.3. The molecule has 0 aliphatic carbocycles. The third-order valence-electron chi connectivity index (χ3n) is 4.71. The van der Waals surface area contributed by atoms with Crippen molar-refractivity contribution in [2.45, 2.75) is 45.6 Å². The van der Waals surface area contributed by atoms with Gasteiger partial charge in [0.1, 0.15) is 0 Å². The number of nitrogens with zero attached hydrogens (tertiary/aromatic N) is 3. The van der Waals surface area contributed by atoms with Gasteiger partial charge in [0.05, 0.1) is 17.1 Å². The van der Waals surface area contributed by atoms with E-state index >= 15 is 0 Å². The first-order chi connectivity index (χ1) is 13.8. The van der Waals surface area contributed by atoms with E-state index in [1.165, 1.54) is 0 Å². The van der Waals surface area contributed by atoms with Crippen molar-refractivity contribution in [3.63, 3.8) is 0 Å². The van der Waals surface area contributed by atoms with Gasteiger partial charge in [0.15, 0.2) is 5.96 Å². The van der Waals surface area contributed by atoms with E-state index in [0.717, 1.165) is 59.6 Å². The number of guanidine groups is 1. The number of hydrogen-bond acceptors (Lipinski definition) is 4. The average Bonchev–Trinajstić information content (AvgIpc) is 3.28. The molecule has 1 saturated heterocycles. The molecular weight excluding hydrogens is 526 g/mol. The molecule has 1 aliphatic rings. The minimum Gasteiger partial charge on any atom is -0.357 e. The summed E-state index contributed by atoms with van der Waals surface area (Å²) in [6.07, 6.45) is -1.47. The minimum absolute atomic E-state index is 0. The van der Waals surface area contributed by atoms with Crippen LogP contribution in [0.2, 0.25) is 0 Å². The van der Waals surface area contributed by atoms with E-state index in [1.54, 1.807) is 23.5 Å². The average molecular weight is 553 g/mol. The molecule has 0 bridgehead atoms. The Balaban J connectivity index is 0.00000320. The maximum Gasteiger partial charge on any atom is 0.416 e. The number of aliphatic imine (C=N–C) groups is 1. The molecular formula is C20H27F3IN5S. The zero-order chi connectivity index (χ0) is 20.9. The Morgan fingerprint density at radius 3 is 2.63 bits per heavy atom. The molecule has 2 N–H and O–H groups in total. The smallest absolute Gasteiger partial charge is 0.357 e. The van der Waals surface area contributed by atoms with Gasteiger partial charge < -0.3 is 10.6 Å². The Kier molecular flexibility index (Phi) is 9.35. The summed E-state index contributed by atoms with van der Waals surface area (Å²) in [5, 5.41) is 7.77. The minimum atomic E-state index is -4.29. The van der Waals surface area contributed by atoms with E-state index < -0.39 is 11.7 Å². The number of aromatic nitrogens is 1. The standard InChI is InChI=1S/C20H26F3N5S.HI/c1-3-24-19(26-11-18-10-25-14(2)29-18)27-17-8-9-28(13-17)12-15-4-6-16(7-5-15)20(21,22)23;/h4-7,10,17H,3,8-9,11-13H2,1-2H3,(H2,24,26,27);1H. The van der Waals surface area contributed by atoms with E-state index in [0.29, 0.717) is 13.1 Å². The van der Waals surface area contributed by atoms with Crippen LogP contribution < -0.4 is 10.6 Å². The van der Waals surface area contributed by atoms with E-state index in [2.05, 4.69) is 25.5 Å². The predicted octanol–water partition coefficient (Wildman–Crippen LogP) is 4.42. The Morgan fingerprint density at radius 2 is 2.03 bits per heavy atom. The lowest BCUT2D eigenvalue weighted by Gasteiger charge is -2.19. The molecule has 1 aliphatic heterocycles. The molecule has 0 saturated carbocycles. The quantitative estimate of drug-likeness (QED) is 0.316. The molecule has 0 spiro atoms. The van der Waals surface area contributed by atoms with Crippen molar-refractivity contribution in [1.82, 2.24) is 20.5 Å². The van der Waals surface area contributed by atoms with Crippen molar-refractivity contribution in [1.29, 1.82) is 0 Å². The number of halogens is 4. The van der Waals surface area contributed by atoms with Crippen molar-refractivity contribution in [3.8, 4) is 0 Å². The molecule has 0 radical (unpaired) electrons. The Morgan fingerprint density at radius 1 is 1.30 bits per heavy atom. The number of aryl methyl sites for hydroxylation is 1. The highest BCUT2D eigenvalue weighted by Gasteiger charge is 2.30. The summed E-state index contributed by atoms with van der Waals surface area (Å²) in [5.41, 5.74) is 0.282. The molecule has 3 rings (SSSR count). The van der Waals surface area contributed by atoms with Gasteiger partial charge in [0, 0.05) is 43.3 Å². The molecule has 1 aromatic carbocycles. The highest BCUT2D eigenvalue weighted by atomic mass is 127. The lowest BCUT2D eigenvalue weighted by molar-refractivity contribution is -0.137. The van der Waals surface area contributed by atoms with Crippen LogP contribution in [0.25, 0.3) is 0 Å². The highest BCUT2D eigenvalue weighted by molar-refractivity contribution is 14.0. The number of benzene rings is 1. The molecule has 2 heterocycles. The Bertz CT molecular complexity index is 823. The molecule has 0 amide bonds. The second-order valence-electron chi connectivity index (χ2n) is 7.10. The van der Waals surface area contributed by atoms with Crippen LogP contribution in [0.4, 0.5) is 13.2 Å². The molecule has 166 valence electrons. The van der Waals surface area contributed by atoms with Crippen molar-refractivity contribution in [2.75, 3.05) is 19.6 Å². The lowest BCUT2D eigenvalue weighted by Crippen LogP contribution is -2.44. The molecule has 1 atom stereocenters. The Labute approximate surface area is 196 Å². The number of hydrogen-bond donors (Lipinski definition) is 2. The number of alkyl halides is 3. The van der Waals surface area contributed by atoms with Crippen LogP contribution in [0, 0.1) is 6.92 Å². The zero-order valence-corrected chi connectivity index (χ0v) is 20.1.